The first-order valence-corrected chi connectivity index (χ1v) is 13.9. The van der Waals surface area contributed by atoms with Crippen LogP contribution in [0.5, 0.6) is 0 Å². The summed E-state index contributed by atoms with van der Waals surface area (Å²) in [5.41, 5.74) is 7.84. The van der Waals surface area contributed by atoms with E-state index in [0.717, 1.165) is 57.6 Å². The molecule has 2 fully saturated rings. The van der Waals surface area contributed by atoms with Crippen LogP contribution in [-0.4, -0.2) is 33.9 Å². The zero-order valence-electron chi connectivity index (χ0n) is 21.6. The molecule has 7 rings (SSSR count). The van der Waals surface area contributed by atoms with Crippen LogP contribution in [0.1, 0.15) is 52.2 Å². The fraction of sp³-hybridized carbons (Fsp3) is 0.273. The smallest absolute Gasteiger partial charge is 0.335 e. The van der Waals surface area contributed by atoms with Gasteiger partial charge in [0.1, 0.15) is 6.23 Å². The van der Waals surface area contributed by atoms with Crippen molar-refractivity contribution in [2.45, 2.75) is 43.7 Å². The average molecular weight is 537 g/mol. The summed E-state index contributed by atoms with van der Waals surface area (Å²) in [7, 11) is 0. The minimum atomic E-state index is -0.920. The first kappa shape index (κ1) is 24.4. The van der Waals surface area contributed by atoms with E-state index >= 15 is 0 Å². The van der Waals surface area contributed by atoms with Gasteiger partial charge in [0.2, 0.25) is 0 Å². The summed E-state index contributed by atoms with van der Waals surface area (Å²) in [4.78, 5) is 18.1. The Morgan fingerprint density at radius 2 is 1.69 bits per heavy atom. The van der Waals surface area contributed by atoms with Gasteiger partial charge in [-0.15, -0.1) is 0 Å². The topological polar surface area (TPSA) is 73.7 Å². The SMILES string of the molecule is Cc1ccc(C2CC23c2cc(-c4ccc(-c5ccncc5)cc4)c(Cl)cc2N(CC2CC2)C3O)cc1C(=O)O. The standard InChI is InChI=1S/C33H29ClN2O3/c1-19-2-5-24(14-25(19)31(37)38)28-17-33(28)27-15-26(23-8-6-21(7-9-23)22-10-12-35-13-11-22)29(34)16-30(27)36(32(33)39)18-20-3-4-20/h2,5-16,20,28,32,39H,3-4,17-18H2,1H3,(H,37,38). The van der Waals surface area contributed by atoms with E-state index in [1.54, 1.807) is 18.5 Å². The van der Waals surface area contributed by atoms with Gasteiger partial charge >= 0.3 is 5.97 Å². The molecule has 2 saturated carbocycles. The molecular formula is C33H29ClN2O3. The van der Waals surface area contributed by atoms with Gasteiger partial charge in [0, 0.05) is 35.6 Å². The largest absolute Gasteiger partial charge is 0.478 e. The monoisotopic (exact) mass is 536 g/mol. The molecule has 4 aromatic rings. The number of aliphatic hydroxyl groups is 1. The molecule has 3 unspecified atom stereocenters. The highest BCUT2D eigenvalue weighted by Gasteiger charge is 2.66. The number of fused-ring (bicyclic) bond motifs is 2. The lowest BCUT2D eigenvalue weighted by Crippen LogP contribution is -2.39. The third-order valence-corrected chi connectivity index (χ3v) is 9.22. The summed E-state index contributed by atoms with van der Waals surface area (Å²) in [5, 5.41) is 22.2. The molecule has 3 atom stereocenters. The van der Waals surface area contributed by atoms with Gasteiger partial charge < -0.3 is 15.1 Å². The van der Waals surface area contributed by atoms with Crippen LogP contribution >= 0.6 is 11.6 Å². The summed E-state index contributed by atoms with van der Waals surface area (Å²) < 4.78 is 0. The highest BCUT2D eigenvalue weighted by molar-refractivity contribution is 6.33. The van der Waals surface area contributed by atoms with E-state index in [2.05, 4.69) is 40.2 Å². The number of rotatable bonds is 6. The Hall–Kier alpha value is -3.67. The van der Waals surface area contributed by atoms with Crippen LogP contribution in [0.4, 0.5) is 5.69 Å². The lowest BCUT2D eigenvalue weighted by Gasteiger charge is -2.27. The fourth-order valence-electron chi connectivity index (χ4n) is 6.47. The summed E-state index contributed by atoms with van der Waals surface area (Å²) in [6.45, 7) is 2.63. The Bertz CT molecular complexity index is 1600. The van der Waals surface area contributed by atoms with Gasteiger partial charge in [0.15, 0.2) is 0 Å². The van der Waals surface area contributed by atoms with Crippen LogP contribution in [0.3, 0.4) is 0 Å². The van der Waals surface area contributed by atoms with Gasteiger partial charge in [0.25, 0.3) is 0 Å². The van der Waals surface area contributed by atoms with Gasteiger partial charge in [-0.1, -0.05) is 48.0 Å². The van der Waals surface area contributed by atoms with E-state index in [1.807, 2.05) is 37.3 Å². The van der Waals surface area contributed by atoms with Crippen molar-refractivity contribution in [2.24, 2.45) is 5.92 Å². The van der Waals surface area contributed by atoms with E-state index in [0.29, 0.717) is 16.5 Å². The Kier molecular flexibility index (Phi) is 5.58. The molecule has 3 aliphatic rings. The maximum absolute atomic E-state index is 11.9. The second-order valence-corrected chi connectivity index (χ2v) is 11.7. The maximum atomic E-state index is 11.9. The number of aromatic nitrogens is 1. The zero-order chi connectivity index (χ0) is 26.9. The van der Waals surface area contributed by atoms with Crippen LogP contribution in [0.25, 0.3) is 22.3 Å². The molecular weight excluding hydrogens is 508 g/mol. The molecule has 0 radical (unpaired) electrons. The highest BCUT2D eigenvalue weighted by Crippen LogP contribution is 2.69. The molecule has 2 aliphatic carbocycles. The van der Waals surface area contributed by atoms with E-state index in [1.165, 1.54) is 12.8 Å². The minimum absolute atomic E-state index is 0.0391. The summed E-state index contributed by atoms with van der Waals surface area (Å²) >= 11 is 6.92. The summed E-state index contributed by atoms with van der Waals surface area (Å²) in [5.74, 6) is -0.287. The number of carbonyl (C=O) groups is 1. The minimum Gasteiger partial charge on any atom is -0.478 e. The molecule has 2 N–H and O–H groups in total. The van der Waals surface area contributed by atoms with Crippen LogP contribution < -0.4 is 4.90 Å². The fourth-order valence-corrected chi connectivity index (χ4v) is 6.74. The van der Waals surface area contributed by atoms with Crippen molar-refractivity contribution < 1.29 is 15.0 Å². The number of hydrogen-bond acceptors (Lipinski definition) is 4. The predicted molar refractivity (Wildman–Crippen MR) is 153 cm³/mol. The van der Waals surface area contributed by atoms with Crippen LogP contribution in [0.15, 0.2) is 79.1 Å². The molecule has 3 aromatic carbocycles. The molecule has 0 saturated heterocycles. The second-order valence-electron chi connectivity index (χ2n) is 11.3. The molecule has 5 nitrogen and oxygen atoms in total. The number of aryl methyl sites for hydroxylation is 1. The van der Waals surface area contributed by atoms with Gasteiger partial charge in [-0.25, -0.2) is 4.79 Å². The molecule has 1 spiro atoms. The summed E-state index contributed by atoms with van der Waals surface area (Å²) in [6.07, 6.45) is 6.05. The normalized spacial score (nSPS) is 23.2. The number of halogens is 1. The van der Waals surface area contributed by atoms with Gasteiger partial charge in [-0.3, -0.25) is 4.98 Å². The Morgan fingerprint density at radius 1 is 1.00 bits per heavy atom. The van der Waals surface area contributed by atoms with Gasteiger partial charge in [0.05, 0.1) is 10.6 Å². The number of pyridine rings is 1. The van der Waals surface area contributed by atoms with E-state index in [4.69, 9.17) is 11.6 Å². The van der Waals surface area contributed by atoms with E-state index in [9.17, 15) is 15.0 Å². The molecule has 6 heteroatoms. The van der Waals surface area contributed by atoms with Crippen molar-refractivity contribution in [3.05, 3.63) is 106 Å². The highest BCUT2D eigenvalue weighted by atomic mass is 35.5. The third-order valence-electron chi connectivity index (χ3n) is 8.91. The quantitative estimate of drug-likeness (QED) is 0.276. The number of anilines is 1. The maximum Gasteiger partial charge on any atom is 0.335 e. The Morgan fingerprint density at radius 3 is 2.38 bits per heavy atom. The number of aromatic carboxylic acids is 1. The molecule has 39 heavy (non-hydrogen) atoms. The lowest BCUT2D eigenvalue weighted by atomic mass is 9.88. The predicted octanol–water partition coefficient (Wildman–Crippen LogP) is 7.05. The average Bonchev–Trinajstić information content (AvgIpc) is 3.87. The molecule has 196 valence electrons. The molecule has 1 aromatic heterocycles. The van der Waals surface area contributed by atoms with Crippen molar-refractivity contribution in [1.29, 1.82) is 0 Å². The van der Waals surface area contributed by atoms with Gasteiger partial charge in [-0.2, -0.15) is 0 Å². The Labute approximate surface area is 232 Å². The molecule has 1 aliphatic heterocycles. The third kappa shape index (κ3) is 3.95. The first-order valence-electron chi connectivity index (χ1n) is 13.5. The number of carboxylic acids is 1. The number of aliphatic hydroxyl groups excluding tert-OH is 1. The second kappa shape index (κ2) is 8.94. The molecule has 0 bridgehead atoms. The molecule has 0 amide bonds. The van der Waals surface area contributed by atoms with Gasteiger partial charge in [-0.05, 0) is 102 Å². The Balaban J connectivity index is 1.30. The number of hydrogen-bond donors (Lipinski definition) is 2. The zero-order valence-corrected chi connectivity index (χ0v) is 22.4. The number of nitrogens with zero attached hydrogens (tertiary/aromatic N) is 2. The van der Waals surface area contributed by atoms with Crippen molar-refractivity contribution in [2.75, 3.05) is 11.4 Å². The number of carboxylic acid groups (broad SMARTS) is 1. The van der Waals surface area contributed by atoms with Crippen molar-refractivity contribution in [3.63, 3.8) is 0 Å². The number of benzene rings is 3. The lowest BCUT2D eigenvalue weighted by molar-refractivity contribution is 0.0696. The first-order chi connectivity index (χ1) is 18.9. The van der Waals surface area contributed by atoms with Crippen LogP contribution in [0.2, 0.25) is 5.02 Å². The van der Waals surface area contributed by atoms with Crippen molar-refractivity contribution in [1.82, 2.24) is 4.98 Å². The summed E-state index contributed by atoms with van der Waals surface area (Å²) in [6, 6.07) is 22.2. The van der Waals surface area contributed by atoms with E-state index < -0.39 is 17.6 Å². The van der Waals surface area contributed by atoms with Crippen LogP contribution in [0, 0.1) is 12.8 Å². The van der Waals surface area contributed by atoms with Crippen molar-refractivity contribution in [3.8, 4) is 22.3 Å². The van der Waals surface area contributed by atoms with Crippen molar-refractivity contribution >= 4 is 23.3 Å². The van der Waals surface area contributed by atoms with Crippen LogP contribution in [-0.2, 0) is 5.41 Å². The molecule has 2 heterocycles. The van der Waals surface area contributed by atoms with E-state index in [-0.39, 0.29) is 5.92 Å².